The van der Waals surface area contributed by atoms with Gasteiger partial charge in [-0.05, 0) is 18.2 Å². The van der Waals surface area contributed by atoms with Gasteiger partial charge in [0.15, 0.2) is 0 Å². The minimum atomic E-state index is -0.349. The number of rotatable bonds is 3. The van der Waals surface area contributed by atoms with Crippen LogP contribution in [-0.2, 0) is 6.54 Å². The molecule has 4 N–H and O–H groups in total. The highest BCUT2D eigenvalue weighted by Crippen LogP contribution is 2.17. The number of hydrogen-bond acceptors (Lipinski definition) is 3. The second kappa shape index (κ2) is 4.00. The molecule has 2 rings (SSSR count). The average Bonchev–Trinajstić information content (AvgIpc) is 2.69. The number of hydrogen-bond donors (Lipinski definition) is 3. The molecule has 78 valence electrons. The maximum absolute atomic E-state index is 13.3. The number of benzene rings is 1. The first kappa shape index (κ1) is 9.51. The van der Waals surface area contributed by atoms with Crippen molar-refractivity contribution in [2.45, 2.75) is 6.54 Å². The van der Waals surface area contributed by atoms with Gasteiger partial charge in [-0.2, -0.15) is 5.10 Å². The highest BCUT2D eigenvalue weighted by atomic mass is 19.1. The highest BCUT2D eigenvalue weighted by Gasteiger charge is 2.01. The number of aromatic amines is 1. The number of aromatic nitrogens is 2. The van der Waals surface area contributed by atoms with Crippen LogP contribution in [0.15, 0.2) is 30.6 Å². The zero-order valence-electron chi connectivity index (χ0n) is 8.00. The SMILES string of the molecule is Nc1ccc(NCc2cn[nH]c2)c(F)c1. The summed E-state index contributed by atoms with van der Waals surface area (Å²) in [6.45, 7) is 0.525. The summed E-state index contributed by atoms with van der Waals surface area (Å²) < 4.78 is 13.3. The van der Waals surface area contributed by atoms with Gasteiger partial charge in [0.25, 0.3) is 0 Å². The Labute approximate surface area is 86.3 Å². The van der Waals surface area contributed by atoms with Crippen molar-refractivity contribution in [3.8, 4) is 0 Å². The van der Waals surface area contributed by atoms with Crippen molar-refractivity contribution in [2.24, 2.45) is 0 Å². The second-order valence-corrected chi connectivity index (χ2v) is 3.20. The molecule has 0 atom stereocenters. The Kier molecular flexibility index (Phi) is 2.53. The first-order chi connectivity index (χ1) is 7.25. The number of nitrogens with one attached hydrogen (secondary N) is 2. The van der Waals surface area contributed by atoms with E-state index in [1.807, 2.05) is 0 Å². The molecule has 0 unspecified atom stereocenters. The third-order valence-electron chi connectivity index (χ3n) is 2.03. The zero-order chi connectivity index (χ0) is 10.7. The summed E-state index contributed by atoms with van der Waals surface area (Å²) in [6.07, 6.45) is 3.43. The minimum absolute atomic E-state index is 0.349. The van der Waals surface area contributed by atoms with Crippen molar-refractivity contribution in [3.05, 3.63) is 42.0 Å². The lowest BCUT2D eigenvalue weighted by Crippen LogP contribution is -2.01. The largest absolute Gasteiger partial charge is 0.399 e. The molecule has 0 aliphatic carbocycles. The lowest BCUT2D eigenvalue weighted by atomic mass is 10.2. The Morgan fingerprint density at radius 2 is 2.33 bits per heavy atom. The van der Waals surface area contributed by atoms with Gasteiger partial charge in [0.05, 0.1) is 11.9 Å². The van der Waals surface area contributed by atoms with E-state index in [4.69, 9.17) is 5.73 Å². The van der Waals surface area contributed by atoms with Crippen LogP contribution in [0.4, 0.5) is 15.8 Å². The molecule has 0 bridgehead atoms. The van der Waals surface area contributed by atoms with Gasteiger partial charge in [-0.1, -0.05) is 0 Å². The van der Waals surface area contributed by atoms with Crippen molar-refractivity contribution in [1.82, 2.24) is 10.2 Å². The molecule has 0 saturated carbocycles. The maximum Gasteiger partial charge on any atom is 0.148 e. The van der Waals surface area contributed by atoms with Crippen LogP contribution in [0.25, 0.3) is 0 Å². The fraction of sp³-hybridized carbons (Fsp3) is 0.100. The van der Waals surface area contributed by atoms with Gasteiger partial charge in [0.2, 0.25) is 0 Å². The van der Waals surface area contributed by atoms with Gasteiger partial charge in [0, 0.05) is 24.0 Å². The lowest BCUT2D eigenvalue weighted by molar-refractivity contribution is 0.631. The minimum Gasteiger partial charge on any atom is -0.399 e. The summed E-state index contributed by atoms with van der Waals surface area (Å²) in [7, 11) is 0. The maximum atomic E-state index is 13.3. The van der Waals surface area contributed by atoms with Gasteiger partial charge < -0.3 is 11.1 Å². The number of nitrogens with two attached hydrogens (primary N) is 1. The Hall–Kier alpha value is -2.04. The first-order valence-electron chi connectivity index (χ1n) is 4.52. The molecule has 0 radical (unpaired) electrons. The van der Waals surface area contributed by atoms with E-state index in [2.05, 4.69) is 15.5 Å². The normalized spacial score (nSPS) is 10.2. The molecular formula is C10H11FN4. The molecule has 15 heavy (non-hydrogen) atoms. The van der Waals surface area contributed by atoms with E-state index in [1.165, 1.54) is 6.07 Å². The molecule has 4 nitrogen and oxygen atoms in total. The van der Waals surface area contributed by atoms with Crippen LogP contribution in [-0.4, -0.2) is 10.2 Å². The third kappa shape index (κ3) is 2.25. The lowest BCUT2D eigenvalue weighted by Gasteiger charge is -2.06. The van der Waals surface area contributed by atoms with Crippen LogP contribution in [0.2, 0.25) is 0 Å². The van der Waals surface area contributed by atoms with Crippen LogP contribution in [0, 0.1) is 5.82 Å². The number of H-pyrrole nitrogens is 1. The van der Waals surface area contributed by atoms with Gasteiger partial charge >= 0.3 is 0 Å². The van der Waals surface area contributed by atoms with E-state index in [9.17, 15) is 4.39 Å². The summed E-state index contributed by atoms with van der Waals surface area (Å²) in [5.74, 6) is -0.349. The fourth-order valence-electron chi connectivity index (χ4n) is 1.25. The quantitative estimate of drug-likeness (QED) is 0.670. The Morgan fingerprint density at radius 1 is 1.47 bits per heavy atom. The van der Waals surface area contributed by atoms with Crippen molar-refractivity contribution in [3.63, 3.8) is 0 Å². The summed E-state index contributed by atoms with van der Waals surface area (Å²) in [6, 6.07) is 4.56. The van der Waals surface area contributed by atoms with Crippen LogP contribution >= 0.6 is 0 Å². The summed E-state index contributed by atoms with van der Waals surface area (Å²) >= 11 is 0. The van der Waals surface area contributed by atoms with Crippen molar-refractivity contribution >= 4 is 11.4 Å². The van der Waals surface area contributed by atoms with E-state index in [-0.39, 0.29) is 5.82 Å². The molecule has 0 aliphatic heterocycles. The van der Waals surface area contributed by atoms with Gasteiger partial charge in [-0.3, -0.25) is 5.10 Å². The van der Waals surface area contributed by atoms with E-state index >= 15 is 0 Å². The molecule has 0 spiro atoms. The van der Waals surface area contributed by atoms with Gasteiger partial charge in [-0.25, -0.2) is 4.39 Å². The summed E-state index contributed by atoms with van der Waals surface area (Å²) in [5.41, 5.74) is 7.25. The van der Waals surface area contributed by atoms with Crippen molar-refractivity contribution in [1.29, 1.82) is 0 Å². The Bertz CT molecular complexity index is 439. The molecule has 1 heterocycles. The highest BCUT2D eigenvalue weighted by molar-refractivity contribution is 5.52. The predicted octanol–water partition coefficient (Wildman–Crippen LogP) is 1.74. The van der Waals surface area contributed by atoms with Crippen LogP contribution < -0.4 is 11.1 Å². The monoisotopic (exact) mass is 206 g/mol. The van der Waals surface area contributed by atoms with Crippen molar-refractivity contribution < 1.29 is 4.39 Å². The standard InChI is InChI=1S/C10H11FN4/c11-9-3-8(12)1-2-10(9)13-4-7-5-14-15-6-7/h1-3,5-6,13H,4,12H2,(H,14,15). The fourth-order valence-corrected chi connectivity index (χ4v) is 1.25. The smallest absolute Gasteiger partial charge is 0.148 e. The summed E-state index contributed by atoms with van der Waals surface area (Å²) in [5, 5.41) is 9.43. The van der Waals surface area contributed by atoms with Crippen molar-refractivity contribution in [2.75, 3.05) is 11.1 Å². The average molecular weight is 206 g/mol. The molecule has 0 saturated heterocycles. The second-order valence-electron chi connectivity index (χ2n) is 3.20. The number of halogens is 1. The van der Waals surface area contributed by atoms with E-state index in [0.29, 0.717) is 17.9 Å². The van der Waals surface area contributed by atoms with Crippen LogP contribution in [0.1, 0.15) is 5.56 Å². The van der Waals surface area contributed by atoms with Crippen LogP contribution in [0.3, 0.4) is 0 Å². The number of anilines is 2. The first-order valence-corrected chi connectivity index (χ1v) is 4.52. The molecule has 1 aromatic heterocycles. The Morgan fingerprint density at radius 3 is 3.00 bits per heavy atom. The van der Waals surface area contributed by atoms with Gasteiger partial charge in [-0.15, -0.1) is 0 Å². The van der Waals surface area contributed by atoms with Crippen LogP contribution in [0.5, 0.6) is 0 Å². The van der Waals surface area contributed by atoms with E-state index in [0.717, 1.165) is 5.56 Å². The molecular weight excluding hydrogens is 195 g/mol. The molecule has 0 fully saturated rings. The van der Waals surface area contributed by atoms with E-state index < -0.39 is 0 Å². The number of nitrogens with zero attached hydrogens (tertiary/aromatic N) is 1. The van der Waals surface area contributed by atoms with Gasteiger partial charge in [0.1, 0.15) is 5.82 Å². The third-order valence-corrected chi connectivity index (χ3v) is 2.03. The summed E-state index contributed by atoms with van der Waals surface area (Å²) in [4.78, 5) is 0. The molecule has 0 aliphatic rings. The predicted molar refractivity (Wildman–Crippen MR) is 56.7 cm³/mol. The molecule has 0 amide bonds. The Balaban J connectivity index is 2.05. The molecule has 5 heteroatoms. The van der Waals surface area contributed by atoms with E-state index in [1.54, 1.807) is 24.5 Å². The zero-order valence-corrected chi connectivity index (χ0v) is 8.00. The molecule has 1 aromatic carbocycles. The topological polar surface area (TPSA) is 66.7 Å². The molecule has 2 aromatic rings. The number of nitrogen functional groups attached to an aromatic ring is 1.